The third kappa shape index (κ3) is 6.28. The quantitative estimate of drug-likeness (QED) is 0.129. The van der Waals surface area contributed by atoms with Crippen molar-refractivity contribution in [3.63, 3.8) is 0 Å². The molecule has 4 rings (SSSR count). The molecule has 13 heteroatoms. The van der Waals surface area contributed by atoms with E-state index < -0.39 is 10.8 Å². The van der Waals surface area contributed by atoms with E-state index in [4.69, 9.17) is 21.1 Å². The van der Waals surface area contributed by atoms with Gasteiger partial charge in [-0.2, -0.15) is 5.10 Å². The molecule has 0 bridgehead atoms. The Balaban J connectivity index is 1.51. The van der Waals surface area contributed by atoms with Gasteiger partial charge in [-0.25, -0.2) is 5.43 Å². The Hall–Kier alpha value is -4.42. The molecule has 0 aliphatic heterocycles. The molecule has 0 saturated heterocycles. The number of methoxy groups -OCH3 is 2. The van der Waals surface area contributed by atoms with E-state index in [9.17, 15) is 14.9 Å². The molecule has 0 saturated carbocycles. The molecule has 1 aromatic heterocycles. The zero-order valence-electron chi connectivity index (χ0n) is 20.2. The van der Waals surface area contributed by atoms with Crippen LogP contribution in [0.15, 0.2) is 77.0 Å². The number of nitrogens with zero attached hydrogens (tertiary/aromatic N) is 5. The Bertz CT molecular complexity index is 1470. The number of hydrogen-bond acceptors (Lipinski definition) is 9. The normalized spacial score (nSPS) is 10.9. The van der Waals surface area contributed by atoms with E-state index in [1.807, 2.05) is 53.1 Å². The third-order valence-corrected chi connectivity index (χ3v) is 6.46. The topological polar surface area (TPSA) is 134 Å². The molecule has 0 aliphatic carbocycles. The minimum atomic E-state index is -0.589. The van der Waals surface area contributed by atoms with Crippen molar-refractivity contribution in [3.8, 4) is 28.6 Å². The summed E-state index contributed by atoms with van der Waals surface area (Å²) in [7, 11) is 3.19. The van der Waals surface area contributed by atoms with Crippen LogP contribution < -0.4 is 14.9 Å². The Morgan fingerprint density at radius 3 is 2.37 bits per heavy atom. The number of carbonyl (C=O) groups excluding carboxylic acids is 1. The summed E-state index contributed by atoms with van der Waals surface area (Å²) in [6.07, 6.45) is 1.30. The number of carbonyl (C=O) groups is 1. The number of nitro groups is 1. The summed E-state index contributed by atoms with van der Waals surface area (Å²) in [5, 5.41) is 24.1. The number of hydrogen-bond donors (Lipinski definition) is 1. The Labute approximate surface area is 226 Å². The number of hydrazone groups is 1. The van der Waals surface area contributed by atoms with Crippen LogP contribution in [0, 0.1) is 10.1 Å². The first kappa shape index (κ1) is 26.6. The zero-order valence-corrected chi connectivity index (χ0v) is 21.8. The summed E-state index contributed by atoms with van der Waals surface area (Å²) in [5.41, 5.74) is 4.17. The number of amides is 1. The summed E-state index contributed by atoms with van der Waals surface area (Å²) in [6, 6.07) is 19.0. The van der Waals surface area contributed by atoms with Crippen LogP contribution in [-0.2, 0) is 4.79 Å². The number of nitro benzene ring substituents is 1. The summed E-state index contributed by atoms with van der Waals surface area (Å²) in [5.74, 6) is 1.59. The lowest BCUT2D eigenvalue weighted by Crippen LogP contribution is -2.20. The number of rotatable bonds is 10. The summed E-state index contributed by atoms with van der Waals surface area (Å²) < 4.78 is 12.4. The minimum Gasteiger partial charge on any atom is -0.497 e. The van der Waals surface area contributed by atoms with Crippen LogP contribution in [0.4, 0.5) is 5.69 Å². The van der Waals surface area contributed by atoms with E-state index in [1.165, 1.54) is 30.1 Å². The lowest BCUT2D eigenvalue weighted by atomic mass is 10.2. The first-order valence-electron chi connectivity index (χ1n) is 11.0. The van der Waals surface area contributed by atoms with Crippen LogP contribution in [0.5, 0.6) is 11.5 Å². The van der Waals surface area contributed by atoms with Gasteiger partial charge in [-0.3, -0.25) is 19.5 Å². The molecule has 0 unspecified atom stereocenters. The van der Waals surface area contributed by atoms with Crippen molar-refractivity contribution in [2.75, 3.05) is 20.0 Å². The van der Waals surface area contributed by atoms with Gasteiger partial charge in [0.25, 0.3) is 11.6 Å². The maximum atomic E-state index is 12.5. The van der Waals surface area contributed by atoms with Gasteiger partial charge < -0.3 is 9.47 Å². The van der Waals surface area contributed by atoms with Crippen molar-refractivity contribution < 1.29 is 19.2 Å². The monoisotopic (exact) mass is 552 g/mol. The lowest BCUT2D eigenvalue weighted by Gasteiger charge is -2.11. The second kappa shape index (κ2) is 12.2. The van der Waals surface area contributed by atoms with Crippen LogP contribution in [0.1, 0.15) is 5.56 Å². The van der Waals surface area contributed by atoms with E-state index in [0.29, 0.717) is 28.0 Å². The molecular formula is C25H21ClN6O5S. The van der Waals surface area contributed by atoms with Gasteiger partial charge >= 0.3 is 0 Å². The summed E-state index contributed by atoms with van der Waals surface area (Å²) in [4.78, 5) is 22.9. The fourth-order valence-corrected chi connectivity index (χ4v) is 4.28. The maximum Gasteiger partial charge on any atom is 0.288 e. The molecule has 3 aromatic carbocycles. The second-order valence-corrected chi connectivity index (χ2v) is 8.97. The molecular weight excluding hydrogens is 532 g/mol. The highest BCUT2D eigenvalue weighted by molar-refractivity contribution is 7.99. The van der Waals surface area contributed by atoms with E-state index in [1.54, 1.807) is 20.3 Å². The van der Waals surface area contributed by atoms with Crippen LogP contribution in [-0.4, -0.2) is 51.8 Å². The van der Waals surface area contributed by atoms with Gasteiger partial charge in [0, 0.05) is 22.9 Å². The van der Waals surface area contributed by atoms with Gasteiger partial charge in [0.15, 0.2) is 11.0 Å². The molecule has 1 heterocycles. The average Bonchev–Trinajstić information content (AvgIpc) is 3.36. The zero-order chi connectivity index (χ0) is 27.1. The van der Waals surface area contributed by atoms with Gasteiger partial charge in [-0.15, -0.1) is 10.2 Å². The largest absolute Gasteiger partial charge is 0.497 e. The Morgan fingerprint density at radius 1 is 1.08 bits per heavy atom. The standard InChI is InChI=1S/C25H21ClN6O5S/c1-36-19-8-4-17(5-9-19)24-29-30-25(31(24)18-6-10-20(37-2)11-7-18)38-15-23(33)28-27-14-16-3-12-21(26)22(13-16)32(34)35/h3-14H,15H2,1-2H3,(H,28,33)/b27-14-. The van der Waals surface area contributed by atoms with Crippen molar-refractivity contribution >= 4 is 41.2 Å². The molecule has 0 fully saturated rings. The minimum absolute atomic E-state index is 0.00495. The highest BCUT2D eigenvalue weighted by Gasteiger charge is 2.18. The third-order valence-electron chi connectivity index (χ3n) is 5.21. The van der Waals surface area contributed by atoms with Gasteiger partial charge in [0.1, 0.15) is 16.5 Å². The molecule has 194 valence electrons. The predicted octanol–water partition coefficient (Wildman–Crippen LogP) is 4.76. The molecule has 1 N–H and O–H groups in total. The molecule has 4 aromatic rings. The van der Waals surface area contributed by atoms with Crippen molar-refractivity contribution in [2.24, 2.45) is 5.10 Å². The fourth-order valence-electron chi connectivity index (χ4n) is 3.35. The van der Waals surface area contributed by atoms with Crippen LogP contribution in [0.25, 0.3) is 17.1 Å². The Morgan fingerprint density at radius 2 is 1.74 bits per heavy atom. The average molecular weight is 553 g/mol. The van der Waals surface area contributed by atoms with E-state index in [2.05, 4.69) is 20.7 Å². The molecule has 0 aliphatic rings. The first-order chi connectivity index (χ1) is 18.4. The smallest absolute Gasteiger partial charge is 0.288 e. The van der Waals surface area contributed by atoms with Crippen LogP contribution >= 0.6 is 23.4 Å². The van der Waals surface area contributed by atoms with Crippen molar-refractivity contribution in [3.05, 3.63) is 87.4 Å². The number of thioether (sulfide) groups is 1. The predicted molar refractivity (Wildman–Crippen MR) is 144 cm³/mol. The van der Waals surface area contributed by atoms with E-state index in [0.717, 1.165) is 11.3 Å². The lowest BCUT2D eigenvalue weighted by molar-refractivity contribution is -0.384. The fraction of sp³-hybridized carbons (Fsp3) is 0.120. The first-order valence-corrected chi connectivity index (χ1v) is 12.4. The summed E-state index contributed by atoms with van der Waals surface area (Å²) in [6.45, 7) is 0. The SMILES string of the molecule is COc1ccc(-c2nnc(SCC(=O)N/N=C\c3ccc(Cl)c([N+](=O)[O-])c3)n2-c2ccc(OC)cc2)cc1. The number of nitrogens with one attached hydrogen (secondary N) is 1. The number of benzene rings is 3. The second-order valence-electron chi connectivity index (χ2n) is 7.62. The van der Waals surface area contributed by atoms with Crippen molar-refractivity contribution in [1.29, 1.82) is 0 Å². The van der Waals surface area contributed by atoms with Gasteiger partial charge in [-0.05, 0) is 54.6 Å². The number of halogens is 1. The number of ether oxygens (including phenoxy) is 2. The van der Waals surface area contributed by atoms with E-state index in [-0.39, 0.29) is 16.5 Å². The highest BCUT2D eigenvalue weighted by atomic mass is 35.5. The van der Waals surface area contributed by atoms with Crippen molar-refractivity contribution in [2.45, 2.75) is 5.16 Å². The highest BCUT2D eigenvalue weighted by Crippen LogP contribution is 2.30. The summed E-state index contributed by atoms with van der Waals surface area (Å²) >= 11 is 7.00. The van der Waals surface area contributed by atoms with Crippen molar-refractivity contribution in [1.82, 2.24) is 20.2 Å². The molecule has 0 atom stereocenters. The Kier molecular flexibility index (Phi) is 8.56. The molecule has 0 spiro atoms. The van der Waals surface area contributed by atoms with Crippen LogP contribution in [0.2, 0.25) is 5.02 Å². The molecule has 0 radical (unpaired) electrons. The molecule has 1 amide bonds. The van der Waals surface area contributed by atoms with Gasteiger partial charge in [-0.1, -0.05) is 29.4 Å². The number of aromatic nitrogens is 3. The maximum absolute atomic E-state index is 12.5. The molecule has 38 heavy (non-hydrogen) atoms. The van der Waals surface area contributed by atoms with Gasteiger partial charge in [0.2, 0.25) is 0 Å². The van der Waals surface area contributed by atoms with Crippen LogP contribution in [0.3, 0.4) is 0 Å². The van der Waals surface area contributed by atoms with E-state index >= 15 is 0 Å². The molecule has 11 nitrogen and oxygen atoms in total. The van der Waals surface area contributed by atoms with Gasteiger partial charge in [0.05, 0.1) is 31.1 Å².